The number of rotatable bonds is 1. The number of hydrogen-bond acceptors (Lipinski definition) is 2. The van der Waals surface area contributed by atoms with Crippen molar-refractivity contribution in [1.82, 2.24) is 4.98 Å². The van der Waals surface area contributed by atoms with Gasteiger partial charge in [-0.15, -0.1) is 0 Å². The smallest absolute Gasteiger partial charge is 0.227 e. The molecule has 4 rings (SSSR count). The lowest BCUT2D eigenvalue weighted by Crippen LogP contribution is -2.44. The van der Waals surface area contributed by atoms with E-state index in [0.29, 0.717) is 6.04 Å². The number of pyridine rings is 1. The molecule has 1 aliphatic heterocycles. The first kappa shape index (κ1) is 15.2. The van der Waals surface area contributed by atoms with Gasteiger partial charge in [-0.3, -0.25) is 4.48 Å². The molecular formula is C21H23N2O+. The summed E-state index contributed by atoms with van der Waals surface area (Å²) >= 11 is 0. The SMILES string of the molecule is C/C=C1/c2c(ccc3c2oc2nc(C)ccc23)C=C[N@+]1(C)C(C)C. The molecule has 1 aliphatic rings. The fraction of sp³-hybridized carbons (Fsp3) is 0.286. The van der Waals surface area contributed by atoms with Gasteiger partial charge in [0, 0.05) is 16.5 Å². The fourth-order valence-corrected chi connectivity index (χ4v) is 3.66. The predicted molar refractivity (Wildman–Crippen MR) is 100 cm³/mol. The minimum absolute atomic E-state index is 0.445. The highest BCUT2D eigenvalue weighted by molar-refractivity contribution is 6.08. The third-order valence-electron chi connectivity index (χ3n) is 5.36. The van der Waals surface area contributed by atoms with Gasteiger partial charge in [0.2, 0.25) is 5.71 Å². The largest absolute Gasteiger partial charge is 0.437 e. The molecule has 3 nitrogen and oxygen atoms in total. The predicted octanol–water partition coefficient (Wildman–Crippen LogP) is 5.49. The van der Waals surface area contributed by atoms with Gasteiger partial charge in [0.1, 0.15) is 11.9 Å². The van der Waals surface area contributed by atoms with E-state index in [1.54, 1.807) is 0 Å². The average Bonchev–Trinajstić information content (AvgIpc) is 2.92. The molecule has 24 heavy (non-hydrogen) atoms. The summed E-state index contributed by atoms with van der Waals surface area (Å²) in [5.41, 5.74) is 6.34. The van der Waals surface area contributed by atoms with E-state index in [2.05, 4.69) is 69.4 Å². The first-order valence-electron chi connectivity index (χ1n) is 8.51. The summed E-state index contributed by atoms with van der Waals surface area (Å²) in [6, 6.07) is 8.94. The van der Waals surface area contributed by atoms with Crippen LogP contribution in [0.25, 0.3) is 33.8 Å². The molecule has 1 aromatic carbocycles. The molecule has 0 fully saturated rings. The summed E-state index contributed by atoms with van der Waals surface area (Å²) < 4.78 is 7.01. The molecule has 0 radical (unpaired) electrons. The highest BCUT2D eigenvalue weighted by atomic mass is 16.3. The van der Waals surface area contributed by atoms with E-state index in [0.717, 1.165) is 32.2 Å². The van der Waals surface area contributed by atoms with Gasteiger partial charge in [-0.25, -0.2) is 4.98 Å². The van der Waals surface area contributed by atoms with Crippen LogP contribution in [0.1, 0.15) is 37.6 Å². The number of quaternary nitrogens is 1. The van der Waals surface area contributed by atoms with Crippen LogP contribution in [0.2, 0.25) is 0 Å². The molecule has 3 aromatic rings. The molecule has 122 valence electrons. The Morgan fingerprint density at radius 2 is 1.88 bits per heavy atom. The van der Waals surface area contributed by atoms with Crippen LogP contribution in [0.3, 0.4) is 0 Å². The Bertz CT molecular complexity index is 1020. The first-order chi connectivity index (χ1) is 11.5. The maximum atomic E-state index is 6.24. The Labute approximate surface area is 142 Å². The summed E-state index contributed by atoms with van der Waals surface area (Å²) in [7, 11) is 2.25. The average molecular weight is 319 g/mol. The summed E-state index contributed by atoms with van der Waals surface area (Å²) in [5.74, 6) is 0. The summed E-state index contributed by atoms with van der Waals surface area (Å²) in [4.78, 5) is 4.57. The normalized spacial score (nSPS) is 22.0. The first-order valence-corrected chi connectivity index (χ1v) is 8.51. The van der Waals surface area contributed by atoms with Crippen LogP contribution in [0.5, 0.6) is 0 Å². The Morgan fingerprint density at radius 3 is 2.58 bits per heavy atom. The molecule has 1 atom stereocenters. The van der Waals surface area contributed by atoms with Crippen molar-refractivity contribution in [3.8, 4) is 0 Å². The van der Waals surface area contributed by atoms with E-state index in [-0.39, 0.29) is 0 Å². The van der Waals surface area contributed by atoms with Crippen LogP contribution >= 0.6 is 0 Å². The summed E-state index contributed by atoms with van der Waals surface area (Å²) in [6.07, 6.45) is 6.71. The van der Waals surface area contributed by atoms with Crippen molar-refractivity contribution in [2.45, 2.75) is 33.7 Å². The molecule has 0 amide bonds. The van der Waals surface area contributed by atoms with Gasteiger partial charge in [-0.05, 0) is 63.6 Å². The number of allylic oxidation sites excluding steroid dienone is 1. The Morgan fingerprint density at radius 1 is 1.12 bits per heavy atom. The number of aryl methyl sites for hydroxylation is 1. The minimum Gasteiger partial charge on any atom is -0.437 e. The zero-order valence-electron chi connectivity index (χ0n) is 14.9. The van der Waals surface area contributed by atoms with Gasteiger partial charge in [0.25, 0.3) is 0 Å². The second-order valence-corrected chi connectivity index (χ2v) is 7.04. The Hall–Kier alpha value is -2.39. The van der Waals surface area contributed by atoms with E-state index >= 15 is 0 Å². The van der Waals surface area contributed by atoms with Gasteiger partial charge in [-0.1, -0.05) is 6.07 Å². The van der Waals surface area contributed by atoms with Crippen molar-refractivity contribution < 1.29 is 8.90 Å². The van der Waals surface area contributed by atoms with Crippen molar-refractivity contribution in [2.75, 3.05) is 7.05 Å². The molecule has 3 heteroatoms. The number of aromatic nitrogens is 1. The van der Waals surface area contributed by atoms with Gasteiger partial charge >= 0.3 is 0 Å². The standard InChI is InChI=1S/C21H23N2O/c1-6-18-19-15(11-12-23(18,5)13(2)3)8-10-16-17-9-7-14(4)22-21(17)24-20(16)19/h6-13H,1-5H3/q+1/b18-6-/t23-/m1/s1. The van der Waals surface area contributed by atoms with Gasteiger partial charge in [0.15, 0.2) is 5.58 Å². The zero-order chi connectivity index (χ0) is 17.1. The van der Waals surface area contributed by atoms with Crippen LogP contribution < -0.4 is 0 Å². The van der Waals surface area contributed by atoms with E-state index in [1.165, 1.54) is 16.8 Å². The summed E-state index contributed by atoms with van der Waals surface area (Å²) in [6.45, 7) is 8.61. The lowest BCUT2D eigenvalue weighted by molar-refractivity contribution is -0.809. The lowest BCUT2D eigenvalue weighted by atomic mass is 9.94. The molecule has 0 bridgehead atoms. The molecule has 0 unspecified atom stereocenters. The third kappa shape index (κ3) is 1.91. The lowest BCUT2D eigenvalue weighted by Gasteiger charge is -2.38. The van der Waals surface area contributed by atoms with E-state index < -0.39 is 0 Å². The van der Waals surface area contributed by atoms with Gasteiger partial charge in [0.05, 0.1) is 18.7 Å². The van der Waals surface area contributed by atoms with Crippen LogP contribution in [-0.4, -0.2) is 22.6 Å². The molecule has 0 spiro atoms. The van der Waals surface area contributed by atoms with E-state index in [9.17, 15) is 0 Å². The maximum Gasteiger partial charge on any atom is 0.227 e. The number of hydrogen-bond donors (Lipinski definition) is 0. The molecule has 0 N–H and O–H groups in total. The molecule has 2 aromatic heterocycles. The van der Waals surface area contributed by atoms with Crippen LogP contribution in [0.4, 0.5) is 0 Å². The van der Waals surface area contributed by atoms with Crippen molar-refractivity contribution in [2.24, 2.45) is 0 Å². The molecule has 3 heterocycles. The highest BCUT2D eigenvalue weighted by Crippen LogP contribution is 2.42. The monoisotopic (exact) mass is 319 g/mol. The number of benzene rings is 1. The number of fused-ring (bicyclic) bond motifs is 5. The number of furan rings is 1. The van der Waals surface area contributed by atoms with Crippen LogP contribution in [-0.2, 0) is 0 Å². The molecule has 0 aliphatic carbocycles. The highest BCUT2D eigenvalue weighted by Gasteiger charge is 2.36. The van der Waals surface area contributed by atoms with Crippen molar-refractivity contribution >= 4 is 33.8 Å². The van der Waals surface area contributed by atoms with Crippen molar-refractivity contribution in [1.29, 1.82) is 0 Å². The zero-order valence-corrected chi connectivity index (χ0v) is 14.9. The van der Waals surface area contributed by atoms with Crippen LogP contribution in [0.15, 0.2) is 41.0 Å². The third-order valence-corrected chi connectivity index (χ3v) is 5.36. The van der Waals surface area contributed by atoms with Gasteiger partial charge < -0.3 is 4.42 Å². The van der Waals surface area contributed by atoms with E-state index in [1.807, 2.05) is 13.0 Å². The fourth-order valence-electron chi connectivity index (χ4n) is 3.66. The quantitative estimate of drug-likeness (QED) is 0.554. The van der Waals surface area contributed by atoms with Crippen molar-refractivity contribution in [3.05, 3.63) is 53.4 Å². The number of nitrogens with zero attached hydrogens (tertiary/aromatic N) is 2. The Balaban J connectivity index is 2.11. The molecular weight excluding hydrogens is 296 g/mol. The molecule has 0 saturated heterocycles. The Kier molecular flexibility index (Phi) is 3.19. The van der Waals surface area contributed by atoms with Crippen molar-refractivity contribution in [3.63, 3.8) is 0 Å². The van der Waals surface area contributed by atoms with Crippen LogP contribution in [0, 0.1) is 6.92 Å². The summed E-state index contributed by atoms with van der Waals surface area (Å²) in [5, 5.41) is 2.23. The topological polar surface area (TPSA) is 26.0 Å². The second kappa shape index (κ2) is 5.05. The minimum atomic E-state index is 0.445. The maximum absolute atomic E-state index is 6.24. The van der Waals surface area contributed by atoms with E-state index in [4.69, 9.17) is 4.42 Å². The van der Waals surface area contributed by atoms with Gasteiger partial charge in [-0.2, -0.15) is 0 Å². The molecule has 0 saturated carbocycles. The second-order valence-electron chi connectivity index (χ2n) is 7.04.